The normalized spacial score (nSPS) is 16.0. The molecule has 3 aromatic rings. The van der Waals surface area contributed by atoms with Crippen LogP contribution in [0.25, 0.3) is 0 Å². The second kappa shape index (κ2) is 7.95. The van der Waals surface area contributed by atoms with Crippen LogP contribution in [-0.4, -0.2) is 19.9 Å². The standard InChI is InChI=1S/C23H21ClN2O2/c1-27-19-12-13-20(23(14-19)28-2)22-15-21(16-8-10-17(24)11-9-16)25-26(22)18-6-4-3-5-7-18/h3-14,22H,15H2,1-2H3. The maximum Gasteiger partial charge on any atom is 0.127 e. The van der Waals surface area contributed by atoms with Gasteiger partial charge < -0.3 is 9.47 Å². The molecule has 1 aliphatic rings. The summed E-state index contributed by atoms with van der Waals surface area (Å²) in [7, 11) is 3.34. The Hall–Kier alpha value is -2.98. The average molecular weight is 393 g/mol. The van der Waals surface area contributed by atoms with E-state index in [1.165, 1.54) is 0 Å². The first-order valence-corrected chi connectivity index (χ1v) is 9.47. The quantitative estimate of drug-likeness (QED) is 0.557. The second-order valence-electron chi connectivity index (χ2n) is 6.56. The van der Waals surface area contributed by atoms with Gasteiger partial charge in [-0.1, -0.05) is 41.9 Å². The van der Waals surface area contributed by atoms with Crippen molar-refractivity contribution < 1.29 is 9.47 Å². The molecular formula is C23H21ClN2O2. The van der Waals surface area contributed by atoms with Crippen LogP contribution in [0.3, 0.4) is 0 Å². The Bertz CT molecular complexity index is 987. The van der Waals surface area contributed by atoms with Gasteiger partial charge in [-0.3, -0.25) is 5.01 Å². The van der Waals surface area contributed by atoms with E-state index >= 15 is 0 Å². The molecule has 0 saturated heterocycles. The SMILES string of the molecule is COc1ccc(C2CC(c3ccc(Cl)cc3)=NN2c2ccccc2)c(OC)c1. The van der Waals surface area contributed by atoms with Crippen molar-refractivity contribution in [1.29, 1.82) is 0 Å². The smallest absolute Gasteiger partial charge is 0.127 e. The molecule has 1 aliphatic heterocycles. The average Bonchev–Trinajstić information content (AvgIpc) is 3.19. The summed E-state index contributed by atoms with van der Waals surface area (Å²) in [6, 6.07) is 24.0. The first-order chi connectivity index (χ1) is 13.7. The van der Waals surface area contributed by atoms with E-state index in [9.17, 15) is 0 Å². The summed E-state index contributed by atoms with van der Waals surface area (Å²) in [6.45, 7) is 0. The largest absolute Gasteiger partial charge is 0.497 e. The van der Waals surface area contributed by atoms with Crippen molar-refractivity contribution in [1.82, 2.24) is 0 Å². The van der Waals surface area contributed by atoms with E-state index in [-0.39, 0.29) is 6.04 Å². The summed E-state index contributed by atoms with van der Waals surface area (Å²) in [6.07, 6.45) is 0.763. The zero-order valence-electron chi connectivity index (χ0n) is 15.8. The lowest BCUT2D eigenvalue weighted by atomic mass is 9.97. The number of hydrogen-bond donors (Lipinski definition) is 0. The molecule has 4 rings (SSSR count). The Kier molecular flexibility index (Phi) is 5.22. The van der Waals surface area contributed by atoms with Gasteiger partial charge in [-0.2, -0.15) is 5.10 Å². The minimum Gasteiger partial charge on any atom is -0.497 e. The van der Waals surface area contributed by atoms with Crippen molar-refractivity contribution in [2.24, 2.45) is 5.10 Å². The topological polar surface area (TPSA) is 34.1 Å². The number of hydrazone groups is 1. The second-order valence-corrected chi connectivity index (χ2v) is 7.00. The molecule has 0 fully saturated rings. The van der Waals surface area contributed by atoms with E-state index in [2.05, 4.69) is 23.2 Å². The van der Waals surface area contributed by atoms with Crippen LogP contribution in [0, 0.1) is 0 Å². The summed E-state index contributed by atoms with van der Waals surface area (Å²) in [5, 5.41) is 7.74. The van der Waals surface area contributed by atoms with Gasteiger partial charge in [0.15, 0.2) is 0 Å². The molecule has 3 aromatic carbocycles. The summed E-state index contributed by atoms with van der Waals surface area (Å²) in [4.78, 5) is 0. The highest BCUT2D eigenvalue weighted by Gasteiger charge is 2.32. The Morgan fingerprint density at radius 2 is 1.68 bits per heavy atom. The van der Waals surface area contributed by atoms with E-state index in [0.29, 0.717) is 0 Å². The predicted octanol–water partition coefficient (Wildman–Crippen LogP) is 5.71. The number of para-hydroxylation sites is 1. The van der Waals surface area contributed by atoms with E-state index in [4.69, 9.17) is 26.2 Å². The Morgan fingerprint density at radius 3 is 2.36 bits per heavy atom. The first kappa shape index (κ1) is 18.4. The molecule has 1 atom stereocenters. The number of ether oxygens (including phenoxy) is 2. The third-order valence-electron chi connectivity index (χ3n) is 4.91. The van der Waals surface area contributed by atoms with Crippen LogP contribution in [-0.2, 0) is 0 Å². The van der Waals surface area contributed by atoms with Crippen LogP contribution in [0.15, 0.2) is 77.9 Å². The fourth-order valence-corrected chi connectivity index (χ4v) is 3.61. The van der Waals surface area contributed by atoms with Crippen LogP contribution in [0.5, 0.6) is 11.5 Å². The van der Waals surface area contributed by atoms with E-state index in [1.54, 1.807) is 14.2 Å². The minimum atomic E-state index is 0.0222. The molecule has 28 heavy (non-hydrogen) atoms. The third kappa shape index (κ3) is 3.56. The molecule has 1 unspecified atom stereocenters. The molecule has 142 valence electrons. The van der Waals surface area contributed by atoms with Gasteiger partial charge >= 0.3 is 0 Å². The highest BCUT2D eigenvalue weighted by Crippen LogP contribution is 2.41. The van der Waals surface area contributed by atoms with Gasteiger partial charge in [0.05, 0.1) is 31.7 Å². The molecule has 0 bridgehead atoms. The highest BCUT2D eigenvalue weighted by atomic mass is 35.5. The van der Waals surface area contributed by atoms with E-state index < -0.39 is 0 Å². The molecule has 0 radical (unpaired) electrons. The minimum absolute atomic E-state index is 0.0222. The van der Waals surface area contributed by atoms with Gasteiger partial charge in [0.25, 0.3) is 0 Å². The number of anilines is 1. The highest BCUT2D eigenvalue weighted by molar-refractivity contribution is 6.30. The van der Waals surface area contributed by atoms with Crippen molar-refractivity contribution in [2.45, 2.75) is 12.5 Å². The number of halogens is 1. The lowest BCUT2D eigenvalue weighted by Crippen LogP contribution is -2.19. The molecule has 4 nitrogen and oxygen atoms in total. The monoisotopic (exact) mass is 392 g/mol. The molecule has 0 amide bonds. The molecule has 5 heteroatoms. The molecule has 0 aromatic heterocycles. The summed E-state index contributed by atoms with van der Waals surface area (Å²) < 4.78 is 11.0. The number of hydrogen-bond acceptors (Lipinski definition) is 4. The number of rotatable bonds is 5. The van der Waals surface area contributed by atoms with Gasteiger partial charge in [0.2, 0.25) is 0 Å². The van der Waals surface area contributed by atoms with Crippen LogP contribution in [0.4, 0.5) is 5.69 Å². The Labute approximate surface area is 170 Å². The zero-order chi connectivity index (χ0) is 19.5. The van der Waals surface area contributed by atoms with Crippen molar-refractivity contribution in [3.05, 3.63) is 88.9 Å². The van der Waals surface area contributed by atoms with Crippen LogP contribution in [0.2, 0.25) is 5.02 Å². The first-order valence-electron chi connectivity index (χ1n) is 9.09. The maximum absolute atomic E-state index is 6.06. The molecule has 0 aliphatic carbocycles. The van der Waals surface area contributed by atoms with E-state index in [1.807, 2.05) is 54.6 Å². The Morgan fingerprint density at radius 1 is 0.929 bits per heavy atom. The number of benzene rings is 3. The lowest BCUT2D eigenvalue weighted by molar-refractivity contribution is 0.388. The molecule has 0 saturated carbocycles. The van der Waals surface area contributed by atoms with Gasteiger partial charge in [0.1, 0.15) is 11.5 Å². The van der Waals surface area contributed by atoms with Crippen molar-refractivity contribution >= 4 is 23.0 Å². The zero-order valence-corrected chi connectivity index (χ0v) is 16.6. The number of nitrogens with zero attached hydrogens (tertiary/aromatic N) is 2. The third-order valence-corrected chi connectivity index (χ3v) is 5.16. The van der Waals surface area contributed by atoms with Crippen LogP contribution < -0.4 is 14.5 Å². The fraction of sp³-hybridized carbons (Fsp3) is 0.174. The predicted molar refractivity (Wildman–Crippen MR) is 114 cm³/mol. The summed E-state index contributed by atoms with van der Waals surface area (Å²) in [5.41, 5.74) is 4.19. The molecular weight excluding hydrogens is 372 g/mol. The maximum atomic E-state index is 6.06. The van der Waals surface area contributed by atoms with E-state index in [0.717, 1.165) is 45.5 Å². The van der Waals surface area contributed by atoms with Gasteiger partial charge in [-0.15, -0.1) is 0 Å². The lowest BCUT2D eigenvalue weighted by Gasteiger charge is -2.25. The van der Waals surface area contributed by atoms with Crippen LogP contribution >= 0.6 is 11.6 Å². The molecule has 0 N–H and O–H groups in total. The van der Waals surface area contributed by atoms with Crippen molar-refractivity contribution in [2.75, 3.05) is 19.2 Å². The molecule has 0 spiro atoms. The van der Waals surface area contributed by atoms with Crippen molar-refractivity contribution in [3.8, 4) is 11.5 Å². The van der Waals surface area contributed by atoms with Gasteiger partial charge in [-0.05, 0) is 42.0 Å². The Balaban J connectivity index is 1.77. The number of methoxy groups -OCH3 is 2. The van der Waals surface area contributed by atoms with Crippen LogP contribution in [0.1, 0.15) is 23.6 Å². The summed E-state index contributed by atoms with van der Waals surface area (Å²) >= 11 is 6.06. The summed E-state index contributed by atoms with van der Waals surface area (Å²) in [5.74, 6) is 1.56. The van der Waals surface area contributed by atoms with Gasteiger partial charge in [0, 0.05) is 23.1 Å². The molecule has 1 heterocycles. The van der Waals surface area contributed by atoms with Gasteiger partial charge in [-0.25, -0.2) is 0 Å². The van der Waals surface area contributed by atoms with Crippen molar-refractivity contribution in [3.63, 3.8) is 0 Å². The fourth-order valence-electron chi connectivity index (χ4n) is 3.48.